The molecule has 0 aliphatic rings. The Bertz CT molecular complexity index is 431. The van der Waals surface area contributed by atoms with E-state index < -0.39 is 11.9 Å². The minimum absolute atomic E-state index is 0.132. The Morgan fingerprint density at radius 1 is 1.26 bits per heavy atom. The molecule has 6 N–H and O–H groups in total. The maximum Gasteiger partial charge on any atom is 0.240 e. The molecule has 0 saturated heterocycles. The van der Waals surface area contributed by atoms with Crippen molar-refractivity contribution in [1.82, 2.24) is 5.32 Å². The fourth-order valence-electron chi connectivity index (χ4n) is 1.65. The van der Waals surface area contributed by atoms with Gasteiger partial charge in [0.05, 0.1) is 6.42 Å². The molecule has 0 aromatic heterocycles. The van der Waals surface area contributed by atoms with Crippen molar-refractivity contribution >= 4 is 11.8 Å². The van der Waals surface area contributed by atoms with E-state index in [-0.39, 0.29) is 18.1 Å². The lowest BCUT2D eigenvalue weighted by atomic mass is 10.1. The van der Waals surface area contributed by atoms with Crippen molar-refractivity contribution in [3.8, 4) is 5.75 Å². The van der Waals surface area contributed by atoms with Crippen molar-refractivity contribution in [2.75, 3.05) is 6.54 Å². The molecule has 19 heavy (non-hydrogen) atoms. The van der Waals surface area contributed by atoms with Gasteiger partial charge in [-0.2, -0.15) is 0 Å². The zero-order valence-corrected chi connectivity index (χ0v) is 10.6. The first kappa shape index (κ1) is 15.0. The van der Waals surface area contributed by atoms with Crippen molar-refractivity contribution in [2.24, 2.45) is 11.5 Å². The molecule has 2 amide bonds. The van der Waals surface area contributed by atoms with Crippen LogP contribution in [0.4, 0.5) is 0 Å². The maximum atomic E-state index is 11.8. The molecular weight excluding hydrogens is 246 g/mol. The van der Waals surface area contributed by atoms with Gasteiger partial charge in [-0.1, -0.05) is 12.1 Å². The summed E-state index contributed by atoms with van der Waals surface area (Å²) in [7, 11) is 0. The van der Waals surface area contributed by atoms with Crippen LogP contribution in [0.5, 0.6) is 5.75 Å². The summed E-state index contributed by atoms with van der Waals surface area (Å²) in [6.45, 7) is 0.442. The molecule has 104 valence electrons. The van der Waals surface area contributed by atoms with E-state index in [4.69, 9.17) is 16.6 Å². The summed E-state index contributed by atoms with van der Waals surface area (Å²) < 4.78 is 0. The van der Waals surface area contributed by atoms with E-state index >= 15 is 0 Å². The Morgan fingerprint density at radius 2 is 1.89 bits per heavy atom. The molecule has 0 heterocycles. The average molecular weight is 265 g/mol. The third-order valence-corrected chi connectivity index (χ3v) is 2.68. The van der Waals surface area contributed by atoms with Crippen LogP contribution in [0.25, 0.3) is 0 Å². The second-order valence-corrected chi connectivity index (χ2v) is 4.30. The second-order valence-electron chi connectivity index (χ2n) is 4.30. The van der Waals surface area contributed by atoms with E-state index in [0.717, 1.165) is 5.56 Å². The minimum Gasteiger partial charge on any atom is -0.508 e. The summed E-state index contributed by atoms with van der Waals surface area (Å²) in [6.07, 6.45) is 1.19. The summed E-state index contributed by atoms with van der Waals surface area (Å²) in [4.78, 5) is 22.9. The largest absolute Gasteiger partial charge is 0.508 e. The summed E-state index contributed by atoms with van der Waals surface area (Å²) >= 11 is 0. The van der Waals surface area contributed by atoms with E-state index in [1.807, 2.05) is 0 Å². The van der Waals surface area contributed by atoms with Gasteiger partial charge in [-0.15, -0.1) is 0 Å². The molecular formula is C13H19N3O3. The van der Waals surface area contributed by atoms with E-state index in [2.05, 4.69) is 5.32 Å². The lowest BCUT2D eigenvalue weighted by molar-refractivity contribution is -0.127. The van der Waals surface area contributed by atoms with E-state index in [9.17, 15) is 9.59 Å². The Labute approximate surface area is 111 Å². The maximum absolute atomic E-state index is 11.8. The normalized spacial score (nSPS) is 11.8. The quantitative estimate of drug-likeness (QED) is 0.538. The highest BCUT2D eigenvalue weighted by Gasteiger charge is 2.17. The van der Waals surface area contributed by atoms with Crippen LogP contribution in [0.1, 0.15) is 18.4 Å². The van der Waals surface area contributed by atoms with Gasteiger partial charge in [0.15, 0.2) is 0 Å². The van der Waals surface area contributed by atoms with Gasteiger partial charge >= 0.3 is 0 Å². The van der Waals surface area contributed by atoms with Crippen molar-refractivity contribution in [3.63, 3.8) is 0 Å². The van der Waals surface area contributed by atoms with Crippen molar-refractivity contribution in [3.05, 3.63) is 29.8 Å². The topological polar surface area (TPSA) is 118 Å². The number of aromatic hydroxyl groups is 1. The van der Waals surface area contributed by atoms with E-state index in [1.54, 1.807) is 12.1 Å². The predicted molar refractivity (Wildman–Crippen MR) is 71.2 cm³/mol. The van der Waals surface area contributed by atoms with Gasteiger partial charge in [0, 0.05) is 0 Å². The van der Waals surface area contributed by atoms with Gasteiger partial charge in [-0.05, 0) is 37.1 Å². The number of nitrogens with one attached hydrogen (secondary N) is 1. The molecule has 0 spiro atoms. The molecule has 0 radical (unpaired) electrons. The number of hydrogen-bond donors (Lipinski definition) is 4. The van der Waals surface area contributed by atoms with Crippen LogP contribution in [-0.2, 0) is 16.0 Å². The number of primary amides is 1. The number of phenolic OH excluding ortho intramolecular Hbond substituents is 1. The fourth-order valence-corrected chi connectivity index (χ4v) is 1.65. The van der Waals surface area contributed by atoms with Crippen molar-refractivity contribution in [2.45, 2.75) is 25.3 Å². The summed E-state index contributed by atoms with van der Waals surface area (Å²) in [6, 6.07) is 5.61. The van der Waals surface area contributed by atoms with E-state index in [1.165, 1.54) is 12.1 Å². The van der Waals surface area contributed by atoms with E-state index in [0.29, 0.717) is 19.4 Å². The van der Waals surface area contributed by atoms with Crippen LogP contribution in [0, 0.1) is 0 Å². The number of hydrogen-bond acceptors (Lipinski definition) is 4. The summed E-state index contributed by atoms with van der Waals surface area (Å²) in [5.41, 5.74) is 11.3. The highest BCUT2D eigenvalue weighted by molar-refractivity contribution is 5.87. The number of carbonyl (C=O) groups excluding carboxylic acids is 2. The molecule has 0 fully saturated rings. The molecule has 6 nitrogen and oxygen atoms in total. The smallest absolute Gasteiger partial charge is 0.240 e. The van der Waals surface area contributed by atoms with Gasteiger partial charge in [-0.25, -0.2) is 0 Å². The Balaban J connectivity index is 2.52. The Hall–Kier alpha value is -2.08. The monoisotopic (exact) mass is 265 g/mol. The molecule has 0 saturated carbocycles. The molecule has 0 unspecified atom stereocenters. The molecule has 0 aliphatic heterocycles. The van der Waals surface area contributed by atoms with Gasteiger partial charge in [-0.3, -0.25) is 9.59 Å². The summed E-state index contributed by atoms with van der Waals surface area (Å²) in [5, 5.41) is 11.7. The molecule has 1 aromatic carbocycles. The van der Waals surface area contributed by atoms with Gasteiger partial charge in [0.2, 0.25) is 11.8 Å². The molecule has 1 atom stereocenters. The number of carbonyl (C=O) groups is 2. The molecule has 0 bridgehead atoms. The van der Waals surface area contributed by atoms with Crippen molar-refractivity contribution < 1.29 is 14.7 Å². The van der Waals surface area contributed by atoms with Gasteiger partial charge in [0.1, 0.15) is 11.8 Å². The first-order valence-electron chi connectivity index (χ1n) is 6.09. The average Bonchev–Trinajstić information content (AvgIpc) is 2.37. The molecule has 1 rings (SSSR count). The Kier molecular flexibility index (Phi) is 5.81. The fraction of sp³-hybridized carbons (Fsp3) is 0.385. The lowest BCUT2D eigenvalue weighted by Crippen LogP contribution is -2.45. The number of phenols is 1. The van der Waals surface area contributed by atoms with Crippen LogP contribution >= 0.6 is 0 Å². The first-order chi connectivity index (χ1) is 9.02. The number of amides is 2. The highest BCUT2D eigenvalue weighted by atomic mass is 16.3. The van der Waals surface area contributed by atoms with Gasteiger partial charge < -0.3 is 21.9 Å². The van der Waals surface area contributed by atoms with Crippen LogP contribution in [0.2, 0.25) is 0 Å². The van der Waals surface area contributed by atoms with Crippen molar-refractivity contribution in [1.29, 1.82) is 0 Å². The van der Waals surface area contributed by atoms with Crippen LogP contribution in [-0.4, -0.2) is 29.5 Å². The lowest BCUT2D eigenvalue weighted by Gasteiger charge is -2.15. The summed E-state index contributed by atoms with van der Waals surface area (Å²) in [5.74, 6) is -0.707. The molecule has 0 aliphatic carbocycles. The predicted octanol–water partition coefficient (Wildman–Crippen LogP) is -0.356. The van der Waals surface area contributed by atoms with Gasteiger partial charge in [0.25, 0.3) is 0 Å². The Morgan fingerprint density at radius 3 is 2.42 bits per heavy atom. The number of rotatable bonds is 7. The van der Waals surface area contributed by atoms with Crippen LogP contribution < -0.4 is 16.8 Å². The molecule has 6 heteroatoms. The standard InChI is InChI=1S/C13H19N3O3/c14-7-1-2-11(13(15)19)16-12(18)8-9-3-5-10(17)6-4-9/h3-6,11,17H,1-2,7-8,14H2,(H2,15,19)(H,16,18)/t11-/m0/s1. The van der Waals surface area contributed by atoms with Crippen LogP contribution in [0.15, 0.2) is 24.3 Å². The highest BCUT2D eigenvalue weighted by Crippen LogP contribution is 2.10. The molecule has 1 aromatic rings. The second kappa shape index (κ2) is 7.38. The SMILES string of the molecule is NCCC[C@H](NC(=O)Cc1ccc(O)cc1)C(N)=O. The zero-order valence-electron chi connectivity index (χ0n) is 10.6. The number of nitrogens with two attached hydrogens (primary N) is 2. The minimum atomic E-state index is -0.687. The number of benzene rings is 1. The third kappa shape index (κ3) is 5.39. The zero-order chi connectivity index (χ0) is 14.3. The van der Waals surface area contributed by atoms with Crippen LogP contribution in [0.3, 0.4) is 0 Å². The third-order valence-electron chi connectivity index (χ3n) is 2.68. The first-order valence-corrected chi connectivity index (χ1v) is 6.09.